The normalized spacial score (nSPS) is 28.2. The number of nitrogens with zero attached hydrogens (tertiary/aromatic N) is 1. The SMILES string of the molecule is CC1(C)CC(NC(=O)[C@H]2CCC(=O)N2[C@@H]2OC(=O)c3ccccc32)CC(C)(C)N1. The van der Waals surface area contributed by atoms with Gasteiger partial charge in [-0.15, -0.1) is 0 Å². The first-order chi connectivity index (χ1) is 13.6. The van der Waals surface area contributed by atoms with Crippen molar-refractivity contribution in [1.29, 1.82) is 0 Å². The summed E-state index contributed by atoms with van der Waals surface area (Å²) in [6.45, 7) is 8.53. The van der Waals surface area contributed by atoms with Crippen LogP contribution in [0.4, 0.5) is 0 Å². The molecule has 1 aromatic rings. The maximum atomic E-state index is 13.2. The number of ether oxygens (including phenoxy) is 1. The lowest BCUT2D eigenvalue weighted by Crippen LogP contribution is -2.63. The van der Waals surface area contributed by atoms with Crippen molar-refractivity contribution >= 4 is 17.8 Å². The lowest BCUT2D eigenvalue weighted by Gasteiger charge is -2.47. The van der Waals surface area contributed by atoms with E-state index in [1.165, 1.54) is 4.90 Å². The number of carbonyl (C=O) groups excluding carboxylic acids is 3. The van der Waals surface area contributed by atoms with E-state index in [1.54, 1.807) is 18.2 Å². The molecule has 3 heterocycles. The first kappa shape index (κ1) is 19.9. The molecule has 2 amide bonds. The van der Waals surface area contributed by atoms with E-state index >= 15 is 0 Å². The highest BCUT2D eigenvalue weighted by Crippen LogP contribution is 2.38. The summed E-state index contributed by atoms with van der Waals surface area (Å²) in [5.74, 6) is -0.785. The Morgan fingerprint density at radius 2 is 1.79 bits per heavy atom. The molecule has 7 heteroatoms. The molecule has 2 saturated heterocycles. The maximum absolute atomic E-state index is 13.2. The Kier molecular flexibility index (Phi) is 4.69. The molecule has 0 saturated carbocycles. The molecule has 156 valence electrons. The van der Waals surface area contributed by atoms with Crippen LogP contribution < -0.4 is 10.6 Å². The van der Waals surface area contributed by atoms with Crippen molar-refractivity contribution in [1.82, 2.24) is 15.5 Å². The van der Waals surface area contributed by atoms with Gasteiger partial charge < -0.3 is 15.4 Å². The second-order valence-electron chi connectivity index (χ2n) is 9.71. The number of hydrogen-bond acceptors (Lipinski definition) is 5. The number of amides is 2. The topological polar surface area (TPSA) is 87.7 Å². The molecule has 0 aliphatic carbocycles. The summed E-state index contributed by atoms with van der Waals surface area (Å²) < 4.78 is 5.50. The number of benzene rings is 1. The van der Waals surface area contributed by atoms with Gasteiger partial charge in [0, 0.05) is 29.1 Å². The molecule has 2 N–H and O–H groups in total. The summed E-state index contributed by atoms with van der Waals surface area (Å²) >= 11 is 0. The third-order valence-electron chi connectivity index (χ3n) is 6.01. The average molecular weight is 399 g/mol. The van der Waals surface area contributed by atoms with Crippen LogP contribution in [0.5, 0.6) is 0 Å². The van der Waals surface area contributed by atoms with Crippen LogP contribution in [0.15, 0.2) is 24.3 Å². The number of esters is 1. The van der Waals surface area contributed by atoms with Crippen molar-refractivity contribution in [2.75, 3.05) is 0 Å². The molecule has 0 aromatic heterocycles. The van der Waals surface area contributed by atoms with Crippen molar-refractivity contribution < 1.29 is 19.1 Å². The molecule has 3 aliphatic heterocycles. The van der Waals surface area contributed by atoms with Gasteiger partial charge in [-0.25, -0.2) is 4.79 Å². The number of cyclic esters (lactones) is 1. The van der Waals surface area contributed by atoms with Crippen LogP contribution in [-0.2, 0) is 14.3 Å². The van der Waals surface area contributed by atoms with Gasteiger partial charge in [-0.2, -0.15) is 0 Å². The summed E-state index contributed by atoms with van der Waals surface area (Å²) in [5, 5.41) is 6.78. The maximum Gasteiger partial charge on any atom is 0.340 e. The predicted molar refractivity (Wildman–Crippen MR) is 107 cm³/mol. The van der Waals surface area contributed by atoms with Gasteiger partial charge in [0.15, 0.2) is 0 Å². The van der Waals surface area contributed by atoms with Gasteiger partial charge in [0.1, 0.15) is 6.04 Å². The van der Waals surface area contributed by atoms with E-state index in [0.29, 0.717) is 17.5 Å². The minimum Gasteiger partial charge on any atom is -0.433 e. The van der Waals surface area contributed by atoms with Crippen LogP contribution in [0.2, 0.25) is 0 Å². The Morgan fingerprint density at radius 1 is 1.14 bits per heavy atom. The van der Waals surface area contributed by atoms with Crippen molar-refractivity contribution in [3.63, 3.8) is 0 Å². The van der Waals surface area contributed by atoms with Gasteiger partial charge in [0.25, 0.3) is 0 Å². The van der Waals surface area contributed by atoms with Crippen LogP contribution in [0.25, 0.3) is 0 Å². The highest BCUT2D eigenvalue weighted by molar-refractivity contribution is 5.96. The number of carbonyl (C=O) groups is 3. The van der Waals surface area contributed by atoms with E-state index in [9.17, 15) is 14.4 Å². The number of piperidine rings is 1. The van der Waals surface area contributed by atoms with E-state index < -0.39 is 18.2 Å². The van der Waals surface area contributed by atoms with Gasteiger partial charge in [0.2, 0.25) is 18.0 Å². The molecule has 0 radical (unpaired) electrons. The fourth-order valence-corrected chi connectivity index (χ4v) is 5.31. The largest absolute Gasteiger partial charge is 0.433 e. The lowest BCUT2D eigenvalue weighted by molar-refractivity contribution is -0.146. The molecule has 2 atom stereocenters. The number of rotatable bonds is 3. The number of likely N-dealkylation sites (tertiary alicyclic amines) is 1. The van der Waals surface area contributed by atoms with Crippen LogP contribution in [0.1, 0.15) is 75.5 Å². The van der Waals surface area contributed by atoms with Crippen LogP contribution in [0.3, 0.4) is 0 Å². The third kappa shape index (κ3) is 3.75. The van der Waals surface area contributed by atoms with E-state index in [1.807, 2.05) is 6.07 Å². The molecule has 2 fully saturated rings. The first-order valence-corrected chi connectivity index (χ1v) is 10.3. The van der Waals surface area contributed by atoms with E-state index in [4.69, 9.17) is 4.74 Å². The Balaban J connectivity index is 1.53. The highest BCUT2D eigenvalue weighted by atomic mass is 16.6. The Bertz CT molecular complexity index is 847. The fourth-order valence-electron chi connectivity index (χ4n) is 5.31. The van der Waals surface area contributed by atoms with Crippen molar-refractivity contribution in [2.24, 2.45) is 0 Å². The average Bonchev–Trinajstić information content (AvgIpc) is 3.12. The van der Waals surface area contributed by atoms with Crippen molar-refractivity contribution in [2.45, 2.75) is 82.8 Å². The van der Waals surface area contributed by atoms with E-state index in [-0.39, 0.29) is 35.4 Å². The van der Waals surface area contributed by atoms with E-state index in [2.05, 4.69) is 38.3 Å². The quantitative estimate of drug-likeness (QED) is 0.762. The third-order valence-corrected chi connectivity index (χ3v) is 6.01. The van der Waals surface area contributed by atoms with Crippen molar-refractivity contribution in [3.8, 4) is 0 Å². The summed E-state index contributed by atoms with van der Waals surface area (Å²) in [7, 11) is 0. The molecule has 7 nitrogen and oxygen atoms in total. The molecule has 0 bridgehead atoms. The first-order valence-electron chi connectivity index (χ1n) is 10.3. The summed E-state index contributed by atoms with van der Waals surface area (Å²) in [6, 6.07) is 6.43. The molecule has 0 spiro atoms. The van der Waals surface area contributed by atoms with Gasteiger partial charge in [0.05, 0.1) is 5.56 Å². The van der Waals surface area contributed by atoms with Crippen LogP contribution in [-0.4, -0.2) is 45.8 Å². The minimum atomic E-state index is -0.828. The molecular weight excluding hydrogens is 370 g/mol. The fraction of sp³-hybridized carbons (Fsp3) is 0.591. The van der Waals surface area contributed by atoms with Crippen LogP contribution in [0, 0.1) is 0 Å². The van der Waals surface area contributed by atoms with Gasteiger partial charge in [-0.1, -0.05) is 18.2 Å². The Morgan fingerprint density at radius 3 is 2.48 bits per heavy atom. The minimum absolute atomic E-state index is 0.0183. The summed E-state index contributed by atoms with van der Waals surface area (Å²) in [6.07, 6.45) is 1.50. The second kappa shape index (κ2) is 6.83. The summed E-state index contributed by atoms with van der Waals surface area (Å²) in [4.78, 5) is 39.5. The standard InChI is InChI=1S/C22H29N3O4/c1-21(2)11-13(12-22(3,4)24-21)23-18(27)16-9-10-17(26)25(16)19-14-7-5-6-8-15(14)20(28)29-19/h5-8,13,16,19,24H,9-12H2,1-4H3,(H,23,27)/t16-,19-/m1/s1. The number of fused-ring (bicyclic) bond motifs is 1. The second-order valence-corrected chi connectivity index (χ2v) is 9.71. The smallest absolute Gasteiger partial charge is 0.340 e. The van der Waals surface area contributed by atoms with Crippen molar-refractivity contribution in [3.05, 3.63) is 35.4 Å². The molecular formula is C22H29N3O4. The monoisotopic (exact) mass is 399 g/mol. The van der Waals surface area contributed by atoms with Gasteiger partial charge in [-0.3, -0.25) is 14.5 Å². The molecule has 1 aromatic carbocycles. The molecule has 29 heavy (non-hydrogen) atoms. The molecule has 4 rings (SSSR count). The number of hydrogen-bond donors (Lipinski definition) is 2. The van der Waals surface area contributed by atoms with Gasteiger partial charge >= 0.3 is 5.97 Å². The van der Waals surface area contributed by atoms with Crippen LogP contribution >= 0.6 is 0 Å². The predicted octanol–water partition coefficient (Wildman–Crippen LogP) is 2.27. The Labute approximate surface area is 171 Å². The highest BCUT2D eigenvalue weighted by Gasteiger charge is 2.47. The zero-order valence-corrected chi connectivity index (χ0v) is 17.5. The van der Waals surface area contributed by atoms with E-state index in [0.717, 1.165) is 12.8 Å². The van der Waals surface area contributed by atoms with Gasteiger partial charge in [-0.05, 0) is 53.0 Å². The zero-order valence-electron chi connectivity index (χ0n) is 17.5. The lowest BCUT2D eigenvalue weighted by atomic mass is 9.79. The molecule has 0 unspecified atom stereocenters. The summed E-state index contributed by atoms with van der Waals surface area (Å²) in [5.41, 5.74) is 0.920. The molecule has 3 aliphatic rings. The number of nitrogens with one attached hydrogen (secondary N) is 2. The zero-order chi connectivity index (χ0) is 21.0. The Hall–Kier alpha value is -2.41.